The van der Waals surface area contributed by atoms with Gasteiger partial charge in [-0.05, 0) is 91.6 Å². The second-order valence-electron chi connectivity index (χ2n) is 12.0. The number of anilines is 1. The molecule has 2 saturated heterocycles. The van der Waals surface area contributed by atoms with Crippen molar-refractivity contribution in [3.8, 4) is 17.1 Å². The lowest BCUT2D eigenvalue weighted by Crippen LogP contribution is -2.56. The third-order valence-electron chi connectivity index (χ3n) is 9.59. The molecule has 0 bridgehead atoms. The molecule has 0 spiro atoms. The summed E-state index contributed by atoms with van der Waals surface area (Å²) in [5.41, 5.74) is 6.36. The summed E-state index contributed by atoms with van der Waals surface area (Å²) in [4.78, 5) is 32.3. The van der Waals surface area contributed by atoms with Gasteiger partial charge in [0.1, 0.15) is 18.5 Å². The van der Waals surface area contributed by atoms with Gasteiger partial charge in [-0.25, -0.2) is 6.57 Å². The smallest absolute Gasteiger partial charge is 0.319 e. The maximum absolute atomic E-state index is 12.5. The fourth-order valence-electron chi connectivity index (χ4n) is 7.21. The summed E-state index contributed by atoms with van der Waals surface area (Å²) >= 11 is 0. The van der Waals surface area contributed by atoms with E-state index in [1.807, 2.05) is 0 Å². The minimum Gasteiger partial charge on any atom is -0.462 e. The highest BCUT2D eigenvalue weighted by Gasteiger charge is 2.45. The zero-order chi connectivity index (χ0) is 28.1. The van der Waals surface area contributed by atoms with Crippen molar-refractivity contribution in [3.05, 3.63) is 71.6 Å². The second-order valence-corrected chi connectivity index (χ2v) is 12.0. The molecule has 41 heavy (non-hydrogen) atoms. The minimum absolute atomic E-state index is 0.131. The van der Waals surface area contributed by atoms with Crippen molar-refractivity contribution in [2.45, 2.75) is 43.7 Å². The number of rotatable bonds is 7. The Labute approximate surface area is 241 Å². The normalized spacial score (nSPS) is 25.1. The van der Waals surface area contributed by atoms with Crippen LogP contribution in [0, 0.1) is 12.5 Å². The van der Waals surface area contributed by atoms with Crippen molar-refractivity contribution < 1.29 is 9.53 Å². The lowest BCUT2D eigenvalue weighted by Gasteiger charge is -2.39. The number of carbonyl (C=O) groups excluding carboxylic acids is 1. The summed E-state index contributed by atoms with van der Waals surface area (Å²) in [6.07, 6.45) is 6.13. The lowest BCUT2D eigenvalue weighted by atomic mass is 9.94. The number of fused-ring (bicyclic) bond motifs is 4. The van der Waals surface area contributed by atoms with E-state index in [9.17, 15) is 4.79 Å². The number of benzene rings is 2. The van der Waals surface area contributed by atoms with Gasteiger partial charge in [-0.1, -0.05) is 30.8 Å². The van der Waals surface area contributed by atoms with Gasteiger partial charge in [0.05, 0.1) is 5.52 Å². The van der Waals surface area contributed by atoms with E-state index in [1.54, 1.807) is 4.90 Å². The number of ether oxygens (including phenoxy) is 1. The van der Waals surface area contributed by atoms with Gasteiger partial charge in [0, 0.05) is 31.1 Å². The third kappa shape index (κ3) is 4.72. The summed E-state index contributed by atoms with van der Waals surface area (Å²) in [6.45, 7) is 14.7. The van der Waals surface area contributed by atoms with Crippen LogP contribution in [0.15, 0.2) is 49.1 Å². The van der Waals surface area contributed by atoms with Gasteiger partial charge in [-0.3, -0.25) is 4.79 Å². The predicted molar refractivity (Wildman–Crippen MR) is 160 cm³/mol. The van der Waals surface area contributed by atoms with Crippen LogP contribution in [0.3, 0.4) is 0 Å². The Hall–Kier alpha value is -3.96. The Kier molecular flexibility index (Phi) is 6.63. The molecule has 0 radical (unpaired) electrons. The van der Waals surface area contributed by atoms with Gasteiger partial charge < -0.3 is 24.3 Å². The monoisotopic (exact) mass is 548 g/mol. The number of nitrogens with zero attached hydrogens (tertiary/aromatic N) is 6. The van der Waals surface area contributed by atoms with Gasteiger partial charge >= 0.3 is 6.01 Å². The van der Waals surface area contributed by atoms with Crippen molar-refractivity contribution in [1.82, 2.24) is 19.8 Å². The van der Waals surface area contributed by atoms with E-state index in [1.165, 1.54) is 47.6 Å². The molecule has 3 fully saturated rings. The highest BCUT2D eigenvalue weighted by Crippen LogP contribution is 2.57. The van der Waals surface area contributed by atoms with Crippen LogP contribution in [-0.4, -0.2) is 84.1 Å². The van der Waals surface area contributed by atoms with Gasteiger partial charge in [-0.15, -0.1) is 0 Å². The van der Waals surface area contributed by atoms with E-state index < -0.39 is 0 Å². The van der Waals surface area contributed by atoms with Crippen LogP contribution >= 0.6 is 0 Å². The average Bonchev–Trinajstić information content (AvgIpc) is 3.49. The third-order valence-corrected chi connectivity index (χ3v) is 9.59. The SMILES string of the molecule is [C-]#[N+]C[C@H]1CN(c2nc(OC[C@@H]3CCCN3C)nc3cc(-c4cccc5c4C[C@@H]4C[C@H]54)ccc23)CCN1C(=O)C=C. The number of hydrogen-bond donors (Lipinski definition) is 0. The Morgan fingerprint density at radius 2 is 2.10 bits per heavy atom. The first-order valence-corrected chi connectivity index (χ1v) is 14.8. The summed E-state index contributed by atoms with van der Waals surface area (Å²) in [7, 11) is 2.14. The Morgan fingerprint density at radius 3 is 2.90 bits per heavy atom. The van der Waals surface area contributed by atoms with E-state index in [0.29, 0.717) is 38.3 Å². The van der Waals surface area contributed by atoms with Crippen molar-refractivity contribution in [1.29, 1.82) is 0 Å². The largest absolute Gasteiger partial charge is 0.462 e. The quantitative estimate of drug-likeness (QED) is 0.319. The Morgan fingerprint density at radius 1 is 1.20 bits per heavy atom. The topological polar surface area (TPSA) is 66.2 Å². The first kappa shape index (κ1) is 26.0. The number of likely N-dealkylation sites (tertiary alicyclic amines) is 1. The standard InChI is InChI=1S/C33H36N6O2/c1-4-31(40)39-14-13-38(19-24(39)18-34-2)32-27-11-10-21(25-8-5-9-26-28-15-22(28)16-29(25)26)17-30(27)35-33(36-32)41-20-23-7-6-12-37(23)3/h4-5,8-11,17,22-24,28H,1,6-7,12-16,18-20H2,3H3/t22-,23-,24-,28-/m0/s1. The molecule has 210 valence electrons. The molecule has 2 aliphatic heterocycles. The lowest BCUT2D eigenvalue weighted by molar-refractivity contribution is -0.128. The average molecular weight is 549 g/mol. The molecule has 8 nitrogen and oxygen atoms in total. The number of piperazine rings is 1. The van der Waals surface area contributed by atoms with E-state index in [4.69, 9.17) is 21.3 Å². The van der Waals surface area contributed by atoms with Crippen molar-refractivity contribution in [3.63, 3.8) is 0 Å². The fourth-order valence-corrected chi connectivity index (χ4v) is 7.21. The molecule has 1 saturated carbocycles. The van der Waals surface area contributed by atoms with Crippen molar-refractivity contribution >= 4 is 22.6 Å². The molecule has 3 aromatic rings. The number of likely N-dealkylation sites (N-methyl/N-ethyl adjacent to an activating group) is 1. The maximum Gasteiger partial charge on any atom is 0.319 e. The first-order valence-electron chi connectivity index (χ1n) is 14.8. The molecule has 3 heterocycles. The molecule has 2 aliphatic carbocycles. The van der Waals surface area contributed by atoms with Crippen LogP contribution in [0.5, 0.6) is 6.01 Å². The zero-order valence-corrected chi connectivity index (χ0v) is 23.6. The molecule has 4 aliphatic rings. The highest BCUT2D eigenvalue weighted by molar-refractivity contribution is 5.94. The molecule has 1 amide bonds. The number of amides is 1. The van der Waals surface area contributed by atoms with Crippen LogP contribution in [0.4, 0.5) is 5.82 Å². The molecular formula is C33H36N6O2. The maximum atomic E-state index is 12.5. The highest BCUT2D eigenvalue weighted by atomic mass is 16.5. The molecule has 7 rings (SSSR count). The summed E-state index contributed by atoms with van der Waals surface area (Å²) < 4.78 is 6.27. The minimum atomic E-state index is -0.231. The molecular weight excluding hydrogens is 512 g/mol. The van der Waals surface area contributed by atoms with Crippen LogP contribution in [0.25, 0.3) is 26.9 Å². The van der Waals surface area contributed by atoms with Crippen LogP contribution < -0.4 is 9.64 Å². The fraction of sp³-hybridized carbons (Fsp3) is 0.455. The Bertz CT molecular complexity index is 1560. The van der Waals surface area contributed by atoms with Crippen LogP contribution in [0.1, 0.15) is 36.3 Å². The molecule has 4 atom stereocenters. The molecule has 0 N–H and O–H groups in total. The van der Waals surface area contributed by atoms with Gasteiger partial charge in [0.25, 0.3) is 0 Å². The summed E-state index contributed by atoms with van der Waals surface area (Å²) in [6, 6.07) is 13.8. The van der Waals surface area contributed by atoms with Crippen molar-refractivity contribution in [2.75, 3.05) is 51.3 Å². The van der Waals surface area contributed by atoms with Crippen LogP contribution in [0.2, 0.25) is 0 Å². The van der Waals surface area contributed by atoms with E-state index in [2.05, 4.69) is 64.7 Å². The van der Waals surface area contributed by atoms with E-state index in [0.717, 1.165) is 41.5 Å². The zero-order valence-electron chi connectivity index (χ0n) is 23.6. The summed E-state index contributed by atoms with van der Waals surface area (Å²) in [5, 5.41) is 0.958. The van der Waals surface area contributed by atoms with Gasteiger partial charge in [0.15, 0.2) is 0 Å². The predicted octanol–water partition coefficient (Wildman–Crippen LogP) is 4.55. The number of aromatic nitrogens is 2. The summed E-state index contributed by atoms with van der Waals surface area (Å²) in [5.74, 6) is 2.25. The first-order chi connectivity index (χ1) is 20.0. The number of hydrogen-bond acceptors (Lipinski definition) is 6. The van der Waals surface area contributed by atoms with Gasteiger partial charge in [0.2, 0.25) is 12.5 Å². The second kappa shape index (κ2) is 10.5. The molecule has 8 heteroatoms. The van der Waals surface area contributed by atoms with Crippen molar-refractivity contribution in [2.24, 2.45) is 5.92 Å². The van der Waals surface area contributed by atoms with E-state index in [-0.39, 0.29) is 18.5 Å². The van der Waals surface area contributed by atoms with Crippen LogP contribution in [-0.2, 0) is 11.2 Å². The number of carbonyl (C=O) groups is 1. The van der Waals surface area contributed by atoms with E-state index >= 15 is 0 Å². The molecule has 0 unspecified atom stereocenters. The molecule has 2 aromatic carbocycles. The van der Waals surface area contributed by atoms with Gasteiger partial charge in [-0.2, -0.15) is 9.97 Å². The molecule has 1 aromatic heterocycles. The Balaban J connectivity index is 1.26.